The van der Waals surface area contributed by atoms with Crippen molar-refractivity contribution in [3.8, 4) is 0 Å². The Kier molecular flexibility index (Phi) is 3.12. The number of carbonyl (C=O) groups is 1. The summed E-state index contributed by atoms with van der Waals surface area (Å²) in [6.07, 6.45) is 9.42. The van der Waals surface area contributed by atoms with Crippen molar-refractivity contribution in [3.63, 3.8) is 0 Å². The van der Waals surface area contributed by atoms with Gasteiger partial charge in [0.05, 0.1) is 12.7 Å². The van der Waals surface area contributed by atoms with Gasteiger partial charge in [-0.25, -0.2) is 0 Å². The molecule has 1 heterocycles. The zero-order valence-corrected chi connectivity index (χ0v) is 10.8. The molecule has 3 nitrogen and oxygen atoms in total. The van der Waals surface area contributed by atoms with E-state index in [4.69, 9.17) is 0 Å². The molecule has 0 spiro atoms. The average molecular weight is 236 g/mol. The molecule has 3 atom stereocenters. The molecule has 96 valence electrons. The Hall–Kier alpha value is -0.570. The van der Waals surface area contributed by atoms with E-state index in [1.165, 1.54) is 44.9 Å². The third kappa shape index (κ3) is 2.10. The normalized spacial score (nSPS) is 39.5. The number of nitrogens with zero attached hydrogens (tertiary/aromatic N) is 1. The van der Waals surface area contributed by atoms with Crippen molar-refractivity contribution in [1.29, 1.82) is 0 Å². The fourth-order valence-electron chi connectivity index (χ4n) is 4.06. The summed E-state index contributed by atoms with van der Waals surface area (Å²) < 4.78 is 0. The molecule has 3 heteroatoms. The van der Waals surface area contributed by atoms with Gasteiger partial charge >= 0.3 is 0 Å². The Balaban J connectivity index is 1.72. The standard InChI is InChI=1S/C14H24N2O/c1-10-6-7-12(8-10)16-13(17)9-15-14(16)11-4-2-3-5-11/h10-12,14-15H,2-9H2,1H3. The van der Waals surface area contributed by atoms with Crippen LogP contribution in [-0.4, -0.2) is 29.6 Å². The molecule has 2 saturated carbocycles. The van der Waals surface area contributed by atoms with Crippen LogP contribution in [0.2, 0.25) is 0 Å². The summed E-state index contributed by atoms with van der Waals surface area (Å²) >= 11 is 0. The molecule has 3 fully saturated rings. The van der Waals surface area contributed by atoms with E-state index in [0.717, 1.165) is 11.8 Å². The first-order chi connectivity index (χ1) is 8.25. The minimum absolute atomic E-state index is 0.348. The van der Waals surface area contributed by atoms with E-state index in [-0.39, 0.29) is 0 Å². The number of rotatable bonds is 2. The minimum Gasteiger partial charge on any atom is -0.323 e. The molecule has 0 radical (unpaired) electrons. The molecule has 17 heavy (non-hydrogen) atoms. The third-order valence-corrected chi connectivity index (χ3v) is 4.96. The topological polar surface area (TPSA) is 32.3 Å². The Morgan fingerprint density at radius 2 is 1.94 bits per heavy atom. The van der Waals surface area contributed by atoms with Crippen LogP contribution in [0, 0.1) is 11.8 Å². The van der Waals surface area contributed by atoms with E-state index in [9.17, 15) is 4.79 Å². The Labute approximate surface area is 104 Å². The molecule has 3 unspecified atom stereocenters. The van der Waals surface area contributed by atoms with Crippen LogP contribution >= 0.6 is 0 Å². The predicted molar refractivity (Wildman–Crippen MR) is 67.4 cm³/mol. The summed E-state index contributed by atoms with van der Waals surface area (Å²) in [5.74, 6) is 1.87. The maximum atomic E-state index is 12.1. The fourth-order valence-corrected chi connectivity index (χ4v) is 4.06. The van der Waals surface area contributed by atoms with Gasteiger partial charge < -0.3 is 4.90 Å². The summed E-state index contributed by atoms with van der Waals surface area (Å²) in [6, 6.07) is 0.526. The summed E-state index contributed by atoms with van der Waals surface area (Å²) in [5, 5.41) is 3.47. The molecular formula is C14H24N2O. The van der Waals surface area contributed by atoms with E-state index in [1.54, 1.807) is 0 Å². The molecule has 1 saturated heterocycles. The van der Waals surface area contributed by atoms with E-state index < -0.39 is 0 Å². The van der Waals surface area contributed by atoms with Gasteiger partial charge in [-0.15, -0.1) is 0 Å². The molecule has 3 rings (SSSR count). The Morgan fingerprint density at radius 1 is 1.18 bits per heavy atom. The van der Waals surface area contributed by atoms with Crippen molar-refractivity contribution in [2.75, 3.05) is 6.54 Å². The van der Waals surface area contributed by atoms with Gasteiger partial charge in [0.15, 0.2) is 0 Å². The first-order valence-electron chi connectivity index (χ1n) is 7.30. The van der Waals surface area contributed by atoms with Crippen molar-refractivity contribution in [2.45, 2.75) is 64.1 Å². The number of nitrogens with one attached hydrogen (secondary N) is 1. The zero-order valence-electron chi connectivity index (χ0n) is 10.8. The molecule has 2 aliphatic carbocycles. The van der Waals surface area contributed by atoms with Gasteiger partial charge in [-0.3, -0.25) is 10.1 Å². The lowest BCUT2D eigenvalue weighted by molar-refractivity contribution is -0.131. The number of hydrogen-bond donors (Lipinski definition) is 1. The Morgan fingerprint density at radius 3 is 2.59 bits per heavy atom. The fraction of sp³-hybridized carbons (Fsp3) is 0.929. The second-order valence-electron chi connectivity index (χ2n) is 6.24. The monoisotopic (exact) mass is 236 g/mol. The van der Waals surface area contributed by atoms with E-state index >= 15 is 0 Å². The molecule has 0 aromatic rings. The smallest absolute Gasteiger partial charge is 0.238 e. The molecule has 1 aliphatic heterocycles. The second-order valence-corrected chi connectivity index (χ2v) is 6.24. The first kappa shape index (κ1) is 11.5. The number of hydrogen-bond acceptors (Lipinski definition) is 2. The van der Waals surface area contributed by atoms with Crippen LogP contribution in [0.1, 0.15) is 51.9 Å². The van der Waals surface area contributed by atoms with Crippen LogP contribution in [0.15, 0.2) is 0 Å². The SMILES string of the molecule is CC1CCC(N2C(=O)CNC2C2CCCC2)C1. The van der Waals surface area contributed by atoms with Crippen LogP contribution in [0.5, 0.6) is 0 Å². The maximum absolute atomic E-state index is 12.1. The Bertz CT molecular complexity index is 299. The summed E-state index contributed by atoms with van der Waals surface area (Å²) in [4.78, 5) is 14.3. The van der Waals surface area contributed by atoms with Gasteiger partial charge in [0.1, 0.15) is 0 Å². The second kappa shape index (κ2) is 4.60. The van der Waals surface area contributed by atoms with Gasteiger partial charge in [-0.05, 0) is 43.9 Å². The molecule has 1 N–H and O–H groups in total. The number of carbonyl (C=O) groups excluding carboxylic acids is 1. The predicted octanol–water partition coefficient (Wildman–Crippen LogP) is 2.12. The molecule has 3 aliphatic rings. The lowest BCUT2D eigenvalue weighted by Crippen LogP contribution is -2.47. The molecular weight excluding hydrogens is 212 g/mol. The average Bonchev–Trinajstić information content (AvgIpc) is 2.97. The van der Waals surface area contributed by atoms with Crippen molar-refractivity contribution in [3.05, 3.63) is 0 Å². The van der Waals surface area contributed by atoms with E-state index in [0.29, 0.717) is 24.7 Å². The van der Waals surface area contributed by atoms with Crippen LogP contribution in [0.4, 0.5) is 0 Å². The van der Waals surface area contributed by atoms with Gasteiger partial charge in [-0.1, -0.05) is 19.8 Å². The van der Waals surface area contributed by atoms with Gasteiger partial charge in [-0.2, -0.15) is 0 Å². The third-order valence-electron chi connectivity index (χ3n) is 4.96. The van der Waals surface area contributed by atoms with Crippen molar-refractivity contribution >= 4 is 5.91 Å². The van der Waals surface area contributed by atoms with E-state index in [1.807, 2.05) is 0 Å². The highest BCUT2D eigenvalue weighted by Gasteiger charge is 2.42. The highest BCUT2D eigenvalue weighted by Crippen LogP contribution is 2.36. The van der Waals surface area contributed by atoms with Crippen molar-refractivity contribution in [1.82, 2.24) is 10.2 Å². The largest absolute Gasteiger partial charge is 0.323 e. The lowest BCUT2D eigenvalue weighted by atomic mass is 10.0. The van der Waals surface area contributed by atoms with Crippen molar-refractivity contribution < 1.29 is 4.79 Å². The molecule has 1 amide bonds. The van der Waals surface area contributed by atoms with Crippen LogP contribution in [0.3, 0.4) is 0 Å². The van der Waals surface area contributed by atoms with Crippen LogP contribution in [-0.2, 0) is 4.79 Å². The van der Waals surface area contributed by atoms with Gasteiger partial charge in [0.25, 0.3) is 0 Å². The van der Waals surface area contributed by atoms with Crippen LogP contribution in [0.25, 0.3) is 0 Å². The van der Waals surface area contributed by atoms with Gasteiger partial charge in [0, 0.05) is 6.04 Å². The number of amides is 1. The highest BCUT2D eigenvalue weighted by atomic mass is 16.2. The quantitative estimate of drug-likeness (QED) is 0.796. The van der Waals surface area contributed by atoms with Crippen molar-refractivity contribution in [2.24, 2.45) is 11.8 Å². The maximum Gasteiger partial charge on any atom is 0.238 e. The lowest BCUT2D eigenvalue weighted by Gasteiger charge is -2.34. The summed E-state index contributed by atoms with van der Waals surface area (Å²) in [6.45, 7) is 2.89. The van der Waals surface area contributed by atoms with Gasteiger partial charge in [0.2, 0.25) is 5.91 Å². The summed E-state index contributed by atoms with van der Waals surface area (Å²) in [5.41, 5.74) is 0. The zero-order chi connectivity index (χ0) is 11.8. The van der Waals surface area contributed by atoms with Crippen LogP contribution < -0.4 is 5.32 Å². The molecule has 0 aromatic carbocycles. The summed E-state index contributed by atoms with van der Waals surface area (Å²) in [7, 11) is 0. The minimum atomic E-state index is 0.348. The first-order valence-corrected chi connectivity index (χ1v) is 7.30. The van der Waals surface area contributed by atoms with E-state index in [2.05, 4.69) is 17.1 Å². The molecule has 0 aromatic heterocycles. The highest BCUT2D eigenvalue weighted by molar-refractivity contribution is 5.81. The molecule has 0 bridgehead atoms.